The van der Waals surface area contributed by atoms with Crippen molar-refractivity contribution in [3.05, 3.63) is 75.6 Å². The average molecular weight is 394 g/mol. The molecular weight excluding hydrogens is 368 g/mol. The number of rotatable bonds is 7. The van der Waals surface area contributed by atoms with Gasteiger partial charge < -0.3 is 25.3 Å². The fraction of sp³-hybridized carbons (Fsp3) is 0.348. The van der Waals surface area contributed by atoms with E-state index in [1.165, 1.54) is 23.3 Å². The summed E-state index contributed by atoms with van der Waals surface area (Å²) in [6.07, 6.45) is 1.12. The summed E-state index contributed by atoms with van der Waals surface area (Å²) in [4.78, 5) is 14.2. The maximum absolute atomic E-state index is 11.6. The number of hydrogen-bond acceptors (Lipinski definition) is 5. The second-order valence-electron chi connectivity index (χ2n) is 7.99. The number of aliphatic hydroxyl groups is 1. The highest BCUT2D eigenvalue weighted by Gasteiger charge is 2.37. The summed E-state index contributed by atoms with van der Waals surface area (Å²) in [5.74, 6) is -0.00984. The van der Waals surface area contributed by atoms with E-state index >= 15 is 0 Å². The van der Waals surface area contributed by atoms with Gasteiger partial charge in [0.2, 0.25) is 5.56 Å². The SMILES string of the molecule is COCC1(CNC[C@H](O)c2ccc(O)c3[nH]c(=O)ccc23)Cc2ccccc2C1. The summed E-state index contributed by atoms with van der Waals surface area (Å²) >= 11 is 0. The molecule has 4 rings (SSSR count). The minimum absolute atomic E-state index is 0.00984. The topological polar surface area (TPSA) is 94.6 Å². The van der Waals surface area contributed by atoms with Crippen LogP contribution in [0.5, 0.6) is 5.75 Å². The van der Waals surface area contributed by atoms with Gasteiger partial charge in [0, 0.05) is 37.1 Å². The number of phenols is 1. The first-order valence-corrected chi connectivity index (χ1v) is 9.81. The zero-order valence-electron chi connectivity index (χ0n) is 16.4. The Labute approximate surface area is 169 Å². The van der Waals surface area contributed by atoms with Crippen molar-refractivity contribution >= 4 is 10.9 Å². The number of ether oxygens (including phenoxy) is 1. The number of pyridine rings is 1. The number of benzene rings is 2. The van der Waals surface area contributed by atoms with Crippen LogP contribution in [0.2, 0.25) is 0 Å². The fourth-order valence-electron chi connectivity index (χ4n) is 4.49. The van der Waals surface area contributed by atoms with Crippen molar-refractivity contribution in [2.75, 3.05) is 26.8 Å². The van der Waals surface area contributed by atoms with Gasteiger partial charge in [-0.15, -0.1) is 0 Å². The lowest BCUT2D eigenvalue weighted by molar-refractivity contribution is 0.0807. The van der Waals surface area contributed by atoms with Crippen molar-refractivity contribution in [2.24, 2.45) is 5.41 Å². The molecule has 0 unspecified atom stereocenters. The van der Waals surface area contributed by atoms with Gasteiger partial charge in [0.15, 0.2) is 0 Å². The van der Waals surface area contributed by atoms with Crippen LogP contribution in [0.3, 0.4) is 0 Å². The molecule has 152 valence electrons. The van der Waals surface area contributed by atoms with Crippen molar-refractivity contribution < 1.29 is 14.9 Å². The van der Waals surface area contributed by atoms with Crippen LogP contribution >= 0.6 is 0 Å². The Morgan fingerprint density at radius 3 is 2.55 bits per heavy atom. The lowest BCUT2D eigenvalue weighted by Crippen LogP contribution is -2.40. The van der Waals surface area contributed by atoms with Crippen LogP contribution < -0.4 is 10.9 Å². The van der Waals surface area contributed by atoms with E-state index in [4.69, 9.17) is 4.74 Å². The van der Waals surface area contributed by atoms with Crippen LogP contribution in [-0.2, 0) is 17.6 Å². The molecule has 0 saturated carbocycles. The quantitative estimate of drug-likeness (QED) is 0.493. The Bertz CT molecular complexity index is 1050. The van der Waals surface area contributed by atoms with Crippen LogP contribution in [0.25, 0.3) is 10.9 Å². The first-order chi connectivity index (χ1) is 14.0. The normalized spacial score (nSPS) is 16.1. The van der Waals surface area contributed by atoms with Crippen LogP contribution in [-0.4, -0.2) is 42.0 Å². The van der Waals surface area contributed by atoms with Crippen LogP contribution in [0.1, 0.15) is 22.8 Å². The van der Waals surface area contributed by atoms with Gasteiger partial charge in [0.25, 0.3) is 0 Å². The number of fused-ring (bicyclic) bond motifs is 2. The van der Waals surface area contributed by atoms with Gasteiger partial charge in [0.1, 0.15) is 5.75 Å². The Morgan fingerprint density at radius 1 is 1.14 bits per heavy atom. The minimum Gasteiger partial charge on any atom is -0.506 e. The Balaban J connectivity index is 1.47. The van der Waals surface area contributed by atoms with E-state index in [-0.39, 0.29) is 16.7 Å². The van der Waals surface area contributed by atoms with Gasteiger partial charge in [-0.2, -0.15) is 0 Å². The molecule has 0 amide bonds. The Kier molecular flexibility index (Phi) is 5.41. The molecule has 3 aromatic rings. The van der Waals surface area contributed by atoms with Crippen LogP contribution in [0.4, 0.5) is 0 Å². The molecule has 0 aliphatic heterocycles. The predicted octanol–water partition coefficient (Wildman–Crippen LogP) is 2.29. The molecule has 6 heteroatoms. The molecule has 2 aromatic carbocycles. The standard InChI is InChI=1S/C23H26N2O4/c1-29-14-23(10-15-4-2-3-5-16(15)11-23)13-24-12-20(27)17-6-8-19(26)22-18(17)7-9-21(28)25-22/h2-9,20,24,26-27H,10-14H2,1H3,(H,25,28)/t20-/m0/s1. The van der Waals surface area contributed by atoms with E-state index in [2.05, 4.69) is 34.6 Å². The smallest absolute Gasteiger partial charge is 0.248 e. The fourth-order valence-corrected chi connectivity index (χ4v) is 4.49. The van der Waals surface area contributed by atoms with E-state index in [1.54, 1.807) is 19.2 Å². The summed E-state index contributed by atoms with van der Waals surface area (Å²) in [7, 11) is 1.73. The molecular formula is C23H26N2O4. The molecule has 0 radical (unpaired) electrons. The summed E-state index contributed by atoms with van der Waals surface area (Å²) in [6, 6.07) is 14.7. The number of aromatic nitrogens is 1. The maximum Gasteiger partial charge on any atom is 0.248 e. The monoisotopic (exact) mass is 394 g/mol. The molecule has 1 aliphatic carbocycles. The molecule has 0 saturated heterocycles. The van der Waals surface area contributed by atoms with Crippen molar-refractivity contribution in [1.82, 2.24) is 10.3 Å². The van der Waals surface area contributed by atoms with E-state index in [9.17, 15) is 15.0 Å². The number of aliphatic hydroxyl groups excluding tert-OH is 1. The Morgan fingerprint density at radius 2 is 1.86 bits per heavy atom. The van der Waals surface area contributed by atoms with Crippen molar-refractivity contribution in [3.8, 4) is 5.75 Å². The molecule has 1 aromatic heterocycles. The summed E-state index contributed by atoms with van der Waals surface area (Å²) < 4.78 is 5.52. The molecule has 1 atom stereocenters. The first kappa shape index (κ1) is 19.6. The molecule has 6 nitrogen and oxygen atoms in total. The van der Waals surface area contributed by atoms with Crippen molar-refractivity contribution in [2.45, 2.75) is 18.9 Å². The van der Waals surface area contributed by atoms with Crippen molar-refractivity contribution in [3.63, 3.8) is 0 Å². The highest BCUT2D eigenvalue weighted by atomic mass is 16.5. The van der Waals surface area contributed by atoms with E-state index in [1.807, 2.05) is 0 Å². The zero-order chi connectivity index (χ0) is 20.4. The van der Waals surface area contributed by atoms with Crippen LogP contribution in [0, 0.1) is 5.41 Å². The maximum atomic E-state index is 11.6. The molecule has 1 heterocycles. The molecule has 0 spiro atoms. The summed E-state index contributed by atoms with van der Waals surface area (Å²) in [6.45, 7) is 1.73. The minimum atomic E-state index is -0.771. The van der Waals surface area contributed by atoms with Crippen molar-refractivity contribution in [1.29, 1.82) is 0 Å². The third-order valence-electron chi connectivity index (χ3n) is 5.80. The number of methoxy groups -OCH3 is 1. The zero-order valence-corrected chi connectivity index (χ0v) is 16.4. The number of H-pyrrole nitrogens is 1. The third-order valence-corrected chi connectivity index (χ3v) is 5.80. The molecule has 4 N–H and O–H groups in total. The number of phenolic OH excluding ortho intramolecular Hbond substituents is 1. The van der Waals surface area contributed by atoms with Gasteiger partial charge in [0.05, 0.1) is 18.2 Å². The van der Waals surface area contributed by atoms with Crippen LogP contribution in [0.15, 0.2) is 53.3 Å². The van der Waals surface area contributed by atoms with Gasteiger partial charge in [-0.3, -0.25) is 4.79 Å². The molecule has 0 bridgehead atoms. The Hall–Kier alpha value is -2.67. The van der Waals surface area contributed by atoms with E-state index in [0.29, 0.717) is 29.6 Å². The lowest BCUT2D eigenvalue weighted by Gasteiger charge is -2.29. The average Bonchev–Trinajstić information content (AvgIpc) is 3.07. The third kappa shape index (κ3) is 3.92. The predicted molar refractivity (Wildman–Crippen MR) is 112 cm³/mol. The molecule has 0 fully saturated rings. The van der Waals surface area contributed by atoms with E-state index in [0.717, 1.165) is 19.4 Å². The largest absolute Gasteiger partial charge is 0.506 e. The second kappa shape index (κ2) is 7.99. The summed E-state index contributed by atoms with van der Waals surface area (Å²) in [5, 5.41) is 24.8. The first-order valence-electron chi connectivity index (χ1n) is 9.81. The second-order valence-corrected chi connectivity index (χ2v) is 7.99. The van der Waals surface area contributed by atoms with Gasteiger partial charge >= 0.3 is 0 Å². The summed E-state index contributed by atoms with van der Waals surface area (Å²) in [5.41, 5.74) is 3.41. The van der Waals surface area contributed by atoms with E-state index < -0.39 is 6.10 Å². The number of aromatic hydroxyl groups is 1. The number of aromatic amines is 1. The lowest BCUT2D eigenvalue weighted by atomic mass is 9.85. The highest BCUT2D eigenvalue weighted by Crippen LogP contribution is 2.37. The van der Waals surface area contributed by atoms with Gasteiger partial charge in [-0.1, -0.05) is 30.3 Å². The van der Waals surface area contributed by atoms with Gasteiger partial charge in [-0.25, -0.2) is 0 Å². The molecule has 1 aliphatic rings. The van der Waals surface area contributed by atoms with Gasteiger partial charge in [-0.05, 0) is 41.7 Å². The number of hydrogen-bond donors (Lipinski definition) is 4. The highest BCUT2D eigenvalue weighted by molar-refractivity contribution is 5.87. The molecule has 29 heavy (non-hydrogen) atoms. The number of nitrogens with one attached hydrogen (secondary N) is 2.